The summed E-state index contributed by atoms with van der Waals surface area (Å²) >= 11 is 0. The second kappa shape index (κ2) is 5.51. The SMILES string of the molecule is Cc1ccccc1CNCc1ccc(C(=O)O)o1. The summed E-state index contributed by atoms with van der Waals surface area (Å²) in [4.78, 5) is 10.6. The zero-order valence-electron chi connectivity index (χ0n) is 10.1. The summed E-state index contributed by atoms with van der Waals surface area (Å²) in [6.07, 6.45) is 0. The molecule has 0 aliphatic heterocycles. The molecule has 0 unspecified atom stereocenters. The zero-order chi connectivity index (χ0) is 13.0. The third-order valence-corrected chi connectivity index (χ3v) is 2.75. The first-order valence-corrected chi connectivity index (χ1v) is 5.74. The van der Waals surface area contributed by atoms with Gasteiger partial charge in [-0.3, -0.25) is 0 Å². The lowest BCUT2D eigenvalue weighted by Gasteiger charge is -2.06. The third-order valence-electron chi connectivity index (χ3n) is 2.75. The van der Waals surface area contributed by atoms with Gasteiger partial charge in [0.25, 0.3) is 0 Å². The fourth-order valence-corrected chi connectivity index (χ4v) is 1.72. The highest BCUT2D eigenvalue weighted by molar-refractivity contribution is 5.84. The second-order valence-electron chi connectivity index (χ2n) is 4.10. The van der Waals surface area contributed by atoms with Gasteiger partial charge in [-0.05, 0) is 30.2 Å². The predicted molar refractivity (Wildman–Crippen MR) is 67.4 cm³/mol. The zero-order valence-corrected chi connectivity index (χ0v) is 10.1. The molecule has 2 N–H and O–H groups in total. The first-order chi connectivity index (χ1) is 8.66. The molecule has 0 bridgehead atoms. The topological polar surface area (TPSA) is 62.5 Å². The Hall–Kier alpha value is -2.07. The molecule has 0 spiro atoms. The van der Waals surface area contributed by atoms with Crippen LogP contribution in [-0.2, 0) is 13.1 Å². The number of furan rings is 1. The molecule has 0 saturated carbocycles. The van der Waals surface area contributed by atoms with Crippen LogP contribution in [0.1, 0.15) is 27.4 Å². The summed E-state index contributed by atoms with van der Waals surface area (Å²) in [6.45, 7) is 3.31. The van der Waals surface area contributed by atoms with Crippen LogP contribution in [0.3, 0.4) is 0 Å². The number of hydrogen-bond acceptors (Lipinski definition) is 3. The normalized spacial score (nSPS) is 10.5. The van der Waals surface area contributed by atoms with Crippen molar-refractivity contribution < 1.29 is 14.3 Å². The van der Waals surface area contributed by atoms with Crippen molar-refractivity contribution in [3.63, 3.8) is 0 Å². The Balaban J connectivity index is 1.88. The number of aryl methyl sites for hydroxylation is 1. The number of aromatic carboxylic acids is 1. The number of benzene rings is 1. The van der Waals surface area contributed by atoms with Crippen LogP contribution in [-0.4, -0.2) is 11.1 Å². The Morgan fingerprint density at radius 2 is 2.00 bits per heavy atom. The monoisotopic (exact) mass is 245 g/mol. The van der Waals surface area contributed by atoms with Gasteiger partial charge >= 0.3 is 5.97 Å². The van der Waals surface area contributed by atoms with E-state index in [1.54, 1.807) is 6.07 Å². The number of carboxylic acids is 1. The third kappa shape index (κ3) is 2.99. The lowest BCUT2D eigenvalue weighted by Crippen LogP contribution is -2.12. The fourth-order valence-electron chi connectivity index (χ4n) is 1.72. The van der Waals surface area contributed by atoms with Crippen LogP contribution in [0.15, 0.2) is 40.8 Å². The summed E-state index contributed by atoms with van der Waals surface area (Å²) in [6, 6.07) is 11.3. The molecule has 18 heavy (non-hydrogen) atoms. The van der Waals surface area contributed by atoms with E-state index < -0.39 is 5.97 Å². The van der Waals surface area contributed by atoms with Gasteiger partial charge in [0.05, 0.1) is 6.54 Å². The van der Waals surface area contributed by atoms with Gasteiger partial charge < -0.3 is 14.8 Å². The molecule has 1 heterocycles. The van der Waals surface area contributed by atoms with E-state index in [9.17, 15) is 4.79 Å². The van der Waals surface area contributed by atoms with Gasteiger partial charge in [-0.15, -0.1) is 0 Å². The minimum Gasteiger partial charge on any atom is -0.475 e. The second-order valence-corrected chi connectivity index (χ2v) is 4.10. The van der Waals surface area contributed by atoms with E-state index in [0.717, 1.165) is 6.54 Å². The summed E-state index contributed by atoms with van der Waals surface area (Å²) in [5, 5.41) is 11.9. The average molecular weight is 245 g/mol. The molecule has 1 aromatic carbocycles. The van der Waals surface area contributed by atoms with E-state index in [1.165, 1.54) is 17.2 Å². The molecule has 0 atom stereocenters. The Labute approximate surface area is 105 Å². The number of rotatable bonds is 5. The van der Waals surface area contributed by atoms with Crippen molar-refractivity contribution in [2.24, 2.45) is 0 Å². The molecule has 0 aliphatic rings. The Morgan fingerprint density at radius 3 is 2.67 bits per heavy atom. The van der Waals surface area contributed by atoms with Crippen LogP contribution < -0.4 is 5.32 Å². The summed E-state index contributed by atoms with van der Waals surface area (Å²) in [5.74, 6) is -0.441. The number of hydrogen-bond donors (Lipinski definition) is 2. The summed E-state index contributed by atoms with van der Waals surface area (Å²) in [7, 11) is 0. The van der Waals surface area contributed by atoms with Crippen LogP contribution in [0.25, 0.3) is 0 Å². The largest absolute Gasteiger partial charge is 0.475 e. The van der Waals surface area contributed by atoms with Gasteiger partial charge in [0.15, 0.2) is 0 Å². The van der Waals surface area contributed by atoms with Crippen LogP contribution in [0, 0.1) is 6.92 Å². The van der Waals surface area contributed by atoms with Crippen LogP contribution in [0.4, 0.5) is 0 Å². The number of carboxylic acid groups (broad SMARTS) is 1. The molecule has 2 rings (SSSR count). The van der Waals surface area contributed by atoms with E-state index in [0.29, 0.717) is 12.3 Å². The van der Waals surface area contributed by atoms with E-state index in [-0.39, 0.29) is 5.76 Å². The van der Waals surface area contributed by atoms with Crippen molar-refractivity contribution in [1.29, 1.82) is 0 Å². The van der Waals surface area contributed by atoms with Crippen LogP contribution in [0.5, 0.6) is 0 Å². The van der Waals surface area contributed by atoms with Gasteiger partial charge in [-0.2, -0.15) is 0 Å². The molecule has 0 aliphatic carbocycles. The van der Waals surface area contributed by atoms with Gasteiger partial charge in [-0.25, -0.2) is 4.79 Å². The number of nitrogens with one attached hydrogen (secondary N) is 1. The first-order valence-electron chi connectivity index (χ1n) is 5.74. The Kier molecular flexibility index (Phi) is 3.79. The fraction of sp³-hybridized carbons (Fsp3) is 0.214. The lowest BCUT2D eigenvalue weighted by molar-refractivity contribution is 0.0660. The maximum absolute atomic E-state index is 10.6. The van der Waals surface area contributed by atoms with Gasteiger partial charge in [0.1, 0.15) is 5.76 Å². The van der Waals surface area contributed by atoms with E-state index in [4.69, 9.17) is 9.52 Å². The molecular weight excluding hydrogens is 230 g/mol. The minimum absolute atomic E-state index is 0.0253. The van der Waals surface area contributed by atoms with Crippen molar-refractivity contribution >= 4 is 5.97 Å². The molecular formula is C14H15NO3. The van der Waals surface area contributed by atoms with E-state index in [2.05, 4.69) is 24.4 Å². The van der Waals surface area contributed by atoms with Gasteiger partial charge in [0.2, 0.25) is 5.76 Å². The highest BCUT2D eigenvalue weighted by Gasteiger charge is 2.08. The standard InChI is InChI=1S/C14H15NO3/c1-10-4-2-3-5-11(10)8-15-9-12-6-7-13(18-12)14(16)17/h2-7,15H,8-9H2,1H3,(H,16,17). The predicted octanol–water partition coefficient (Wildman–Crippen LogP) is 2.58. The molecule has 4 heteroatoms. The van der Waals surface area contributed by atoms with E-state index in [1.807, 2.05) is 12.1 Å². The number of carbonyl (C=O) groups is 1. The first kappa shape index (κ1) is 12.4. The van der Waals surface area contributed by atoms with Crippen LogP contribution >= 0.6 is 0 Å². The smallest absolute Gasteiger partial charge is 0.371 e. The molecule has 94 valence electrons. The molecule has 1 aromatic heterocycles. The molecule has 4 nitrogen and oxygen atoms in total. The molecule has 0 fully saturated rings. The molecule has 0 radical (unpaired) electrons. The molecule has 0 saturated heterocycles. The summed E-state index contributed by atoms with van der Waals surface area (Å²) < 4.78 is 5.15. The minimum atomic E-state index is -1.04. The molecule has 2 aromatic rings. The highest BCUT2D eigenvalue weighted by Crippen LogP contribution is 2.09. The van der Waals surface area contributed by atoms with Crippen molar-refractivity contribution in [1.82, 2.24) is 5.32 Å². The lowest BCUT2D eigenvalue weighted by atomic mass is 10.1. The Bertz CT molecular complexity index is 545. The van der Waals surface area contributed by atoms with E-state index >= 15 is 0 Å². The van der Waals surface area contributed by atoms with Gasteiger partial charge in [-0.1, -0.05) is 24.3 Å². The van der Waals surface area contributed by atoms with Crippen LogP contribution in [0.2, 0.25) is 0 Å². The molecule has 0 amide bonds. The maximum atomic E-state index is 10.6. The van der Waals surface area contributed by atoms with Crippen molar-refractivity contribution in [3.8, 4) is 0 Å². The van der Waals surface area contributed by atoms with Gasteiger partial charge in [0, 0.05) is 6.54 Å². The summed E-state index contributed by atoms with van der Waals surface area (Å²) in [5.41, 5.74) is 2.46. The van der Waals surface area contributed by atoms with Crippen molar-refractivity contribution in [3.05, 3.63) is 59.0 Å². The Morgan fingerprint density at radius 1 is 1.22 bits per heavy atom. The highest BCUT2D eigenvalue weighted by atomic mass is 16.4. The quantitative estimate of drug-likeness (QED) is 0.849. The van der Waals surface area contributed by atoms with Crippen molar-refractivity contribution in [2.75, 3.05) is 0 Å². The maximum Gasteiger partial charge on any atom is 0.371 e. The van der Waals surface area contributed by atoms with Crippen molar-refractivity contribution in [2.45, 2.75) is 20.0 Å². The average Bonchev–Trinajstić information content (AvgIpc) is 2.80.